The minimum Gasteiger partial charge on any atom is -0.497 e. The largest absolute Gasteiger partial charge is 0.497 e. The van der Waals surface area contributed by atoms with E-state index in [0.29, 0.717) is 11.8 Å². The molecule has 0 aliphatic carbocycles. The molecule has 1 saturated heterocycles. The topological polar surface area (TPSA) is 21.7 Å². The Hall–Kier alpha value is -1.71. The number of halogens is 1. The van der Waals surface area contributed by atoms with Gasteiger partial charge in [0.05, 0.1) is 13.7 Å². The van der Waals surface area contributed by atoms with Gasteiger partial charge in [0.2, 0.25) is 0 Å². The first-order chi connectivity index (χ1) is 10.8. The average molecular weight is 332 g/mol. The van der Waals surface area contributed by atoms with Gasteiger partial charge >= 0.3 is 0 Å². The molecule has 0 N–H and O–H groups in total. The van der Waals surface area contributed by atoms with E-state index in [2.05, 4.69) is 41.3 Å². The Labute approximate surface area is 143 Å². The number of rotatable bonds is 3. The van der Waals surface area contributed by atoms with Gasteiger partial charge in [0.25, 0.3) is 0 Å². The lowest BCUT2D eigenvalue weighted by Gasteiger charge is -2.28. The maximum Gasteiger partial charge on any atom is 0.126 e. The zero-order valence-electron chi connectivity index (χ0n) is 13.3. The second-order valence-corrected chi connectivity index (χ2v) is 6.26. The van der Waals surface area contributed by atoms with Crippen molar-refractivity contribution in [2.24, 2.45) is 5.92 Å². The van der Waals surface area contributed by atoms with Crippen LogP contribution in [0.15, 0.2) is 48.5 Å². The van der Waals surface area contributed by atoms with E-state index in [1.54, 1.807) is 7.11 Å². The van der Waals surface area contributed by atoms with E-state index < -0.39 is 0 Å². The van der Waals surface area contributed by atoms with Crippen LogP contribution in [0, 0.1) is 5.92 Å². The van der Waals surface area contributed by atoms with Crippen LogP contribution in [0.5, 0.6) is 11.5 Å². The van der Waals surface area contributed by atoms with E-state index in [4.69, 9.17) is 9.47 Å². The number of hydrogen-bond acceptors (Lipinski definition) is 3. The van der Waals surface area contributed by atoms with Gasteiger partial charge in [0.15, 0.2) is 0 Å². The van der Waals surface area contributed by atoms with Crippen LogP contribution in [0.3, 0.4) is 0 Å². The van der Waals surface area contributed by atoms with Gasteiger partial charge < -0.3 is 9.47 Å². The fourth-order valence-electron chi connectivity index (χ4n) is 3.72. The molecule has 0 radical (unpaired) electrons. The van der Waals surface area contributed by atoms with Crippen LogP contribution in [0.4, 0.5) is 0 Å². The van der Waals surface area contributed by atoms with Crippen molar-refractivity contribution in [2.45, 2.75) is 12.5 Å². The number of hydrogen-bond donors (Lipinski definition) is 0. The minimum atomic E-state index is 0. The molecule has 2 aliphatic heterocycles. The van der Waals surface area contributed by atoms with Gasteiger partial charge in [0.1, 0.15) is 11.5 Å². The highest BCUT2D eigenvalue weighted by Gasteiger charge is 2.38. The Morgan fingerprint density at radius 2 is 1.96 bits per heavy atom. The molecule has 2 aliphatic rings. The van der Waals surface area contributed by atoms with Crippen molar-refractivity contribution >= 4 is 12.4 Å². The Morgan fingerprint density at radius 3 is 2.74 bits per heavy atom. The molecule has 0 spiro atoms. The smallest absolute Gasteiger partial charge is 0.126 e. The lowest BCUT2D eigenvalue weighted by Crippen LogP contribution is -2.25. The molecular formula is C19H22ClNO2. The summed E-state index contributed by atoms with van der Waals surface area (Å²) in [6.45, 7) is 4.07. The van der Waals surface area contributed by atoms with E-state index >= 15 is 0 Å². The van der Waals surface area contributed by atoms with Gasteiger partial charge in [-0.25, -0.2) is 0 Å². The Morgan fingerprint density at radius 1 is 1.13 bits per heavy atom. The fourth-order valence-corrected chi connectivity index (χ4v) is 3.72. The minimum absolute atomic E-state index is 0. The zero-order chi connectivity index (χ0) is 14.9. The van der Waals surface area contributed by atoms with E-state index in [0.717, 1.165) is 37.7 Å². The second kappa shape index (κ2) is 6.81. The predicted molar refractivity (Wildman–Crippen MR) is 93.7 cm³/mol. The molecule has 0 amide bonds. The Bertz CT molecular complexity index is 662. The maximum absolute atomic E-state index is 5.97. The average Bonchev–Trinajstić information content (AvgIpc) is 2.98. The third kappa shape index (κ3) is 3.17. The van der Waals surface area contributed by atoms with Crippen LogP contribution in [-0.2, 0) is 6.54 Å². The third-order valence-electron chi connectivity index (χ3n) is 4.84. The highest BCUT2D eigenvalue weighted by molar-refractivity contribution is 5.85. The van der Waals surface area contributed by atoms with Crippen LogP contribution in [0.1, 0.15) is 17.0 Å². The van der Waals surface area contributed by atoms with Crippen LogP contribution < -0.4 is 9.47 Å². The number of nitrogens with zero attached hydrogens (tertiary/aromatic N) is 1. The number of fused-ring (bicyclic) bond motifs is 3. The summed E-state index contributed by atoms with van der Waals surface area (Å²) in [5.41, 5.74) is 2.73. The first-order valence-corrected chi connectivity index (χ1v) is 7.90. The van der Waals surface area contributed by atoms with Crippen molar-refractivity contribution in [3.63, 3.8) is 0 Å². The van der Waals surface area contributed by atoms with E-state index in [-0.39, 0.29) is 12.4 Å². The molecule has 23 heavy (non-hydrogen) atoms. The summed E-state index contributed by atoms with van der Waals surface area (Å²) < 4.78 is 11.3. The van der Waals surface area contributed by atoms with Crippen LogP contribution >= 0.6 is 12.4 Å². The summed E-state index contributed by atoms with van der Waals surface area (Å²) in [6.07, 6.45) is 0. The number of methoxy groups -OCH3 is 1. The molecule has 4 heteroatoms. The molecule has 2 atom stereocenters. The highest BCUT2D eigenvalue weighted by Crippen LogP contribution is 2.43. The molecule has 0 aromatic heterocycles. The SMILES string of the molecule is COc1ccc2c(c1)OCC1CN(Cc3ccccc3)CC21.Cl. The van der Waals surface area contributed by atoms with Crippen LogP contribution in [0.2, 0.25) is 0 Å². The molecule has 4 rings (SSSR count). The standard InChI is InChI=1S/C19H21NO2.ClH/c1-21-16-7-8-17-18-12-20(10-14-5-3-2-4-6-14)11-15(18)13-22-19(17)9-16;/h2-9,15,18H,10-13H2,1H3;1H. The Kier molecular flexibility index (Phi) is 4.79. The molecule has 2 aromatic carbocycles. The van der Waals surface area contributed by atoms with Crippen molar-refractivity contribution in [2.75, 3.05) is 26.8 Å². The van der Waals surface area contributed by atoms with Crippen molar-refractivity contribution < 1.29 is 9.47 Å². The summed E-state index contributed by atoms with van der Waals surface area (Å²) in [7, 11) is 1.70. The summed E-state index contributed by atoms with van der Waals surface area (Å²) in [5.74, 6) is 3.06. The first-order valence-electron chi connectivity index (χ1n) is 7.90. The van der Waals surface area contributed by atoms with Gasteiger partial charge in [0, 0.05) is 37.5 Å². The molecule has 3 nitrogen and oxygen atoms in total. The van der Waals surface area contributed by atoms with Gasteiger partial charge in [-0.3, -0.25) is 4.90 Å². The summed E-state index contributed by atoms with van der Waals surface area (Å²) >= 11 is 0. The number of benzene rings is 2. The zero-order valence-corrected chi connectivity index (χ0v) is 14.1. The molecule has 1 fully saturated rings. The van der Waals surface area contributed by atoms with Crippen LogP contribution in [-0.4, -0.2) is 31.7 Å². The third-order valence-corrected chi connectivity index (χ3v) is 4.84. The van der Waals surface area contributed by atoms with Gasteiger partial charge in [-0.15, -0.1) is 12.4 Å². The normalized spacial score (nSPS) is 22.5. The lowest BCUT2D eigenvalue weighted by molar-refractivity contribution is 0.211. The molecular weight excluding hydrogens is 310 g/mol. The predicted octanol–water partition coefficient (Wildman–Crippen LogP) is 3.73. The maximum atomic E-state index is 5.97. The molecule has 0 bridgehead atoms. The number of likely N-dealkylation sites (tertiary alicyclic amines) is 1. The summed E-state index contributed by atoms with van der Waals surface area (Å²) in [6, 6.07) is 17.0. The van der Waals surface area contributed by atoms with Gasteiger partial charge in [-0.2, -0.15) is 0 Å². The van der Waals surface area contributed by atoms with E-state index in [1.165, 1.54) is 11.1 Å². The lowest BCUT2D eigenvalue weighted by atomic mass is 9.87. The van der Waals surface area contributed by atoms with Crippen molar-refractivity contribution in [3.05, 3.63) is 59.7 Å². The molecule has 2 heterocycles. The summed E-state index contributed by atoms with van der Waals surface area (Å²) in [4.78, 5) is 2.55. The van der Waals surface area contributed by atoms with Crippen molar-refractivity contribution in [1.29, 1.82) is 0 Å². The molecule has 0 saturated carbocycles. The quantitative estimate of drug-likeness (QED) is 0.855. The fraction of sp³-hybridized carbons (Fsp3) is 0.368. The van der Waals surface area contributed by atoms with Gasteiger partial charge in [-0.05, 0) is 17.2 Å². The second-order valence-electron chi connectivity index (χ2n) is 6.26. The van der Waals surface area contributed by atoms with Crippen molar-refractivity contribution in [1.82, 2.24) is 4.90 Å². The van der Waals surface area contributed by atoms with E-state index in [9.17, 15) is 0 Å². The van der Waals surface area contributed by atoms with Crippen LogP contribution in [0.25, 0.3) is 0 Å². The highest BCUT2D eigenvalue weighted by atomic mass is 35.5. The van der Waals surface area contributed by atoms with Crippen molar-refractivity contribution in [3.8, 4) is 11.5 Å². The Balaban J connectivity index is 0.00000156. The first kappa shape index (κ1) is 16.2. The monoisotopic (exact) mass is 331 g/mol. The summed E-state index contributed by atoms with van der Waals surface area (Å²) in [5, 5.41) is 0. The van der Waals surface area contributed by atoms with E-state index in [1.807, 2.05) is 12.1 Å². The molecule has 2 unspecified atom stereocenters. The van der Waals surface area contributed by atoms with Gasteiger partial charge in [-0.1, -0.05) is 36.4 Å². The molecule has 2 aromatic rings. The molecule has 122 valence electrons. The number of ether oxygens (including phenoxy) is 2.